The minimum atomic E-state index is -0.632. The van der Waals surface area contributed by atoms with Crippen LogP contribution in [0.4, 0.5) is 10.2 Å². The Hall–Kier alpha value is -2.97. The molecule has 0 spiro atoms. The second-order valence-electron chi connectivity index (χ2n) is 10.6. The van der Waals surface area contributed by atoms with E-state index in [1.54, 1.807) is 31.4 Å². The Morgan fingerprint density at radius 2 is 1.71 bits per heavy atom. The van der Waals surface area contributed by atoms with Crippen molar-refractivity contribution in [1.82, 2.24) is 20.1 Å². The zero-order chi connectivity index (χ0) is 24.8. The molecule has 3 aromatic rings. The van der Waals surface area contributed by atoms with E-state index in [9.17, 15) is 9.90 Å². The molecule has 1 aromatic carbocycles. The van der Waals surface area contributed by atoms with Crippen LogP contribution in [0.5, 0.6) is 5.75 Å². The molecule has 0 aliphatic carbocycles. The molecule has 0 amide bonds. The average Bonchev–Trinajstić information content (AvgIpc) is 2.73. The van der Waals surface area contributed by atoms with Crippen molar-refractivity contribution >= 4 is 18.2 Å². The lowest BCUT2D eigenvalue weighted by Crippen LogP contribution is -2.62. The third-order valence-corrected chi connectivity index (χ3v) is 6.49. The number of hydrogen-bond acceptors (Lipinski definition) is 6. The number of anilines is 1. The van der Waals surface area contributed by atoms with E-state index in [2.05, 4.69) is 48.1 Å². The van der Waals surface area contributed by atoms with Crippen LogP contribution >= 0.6 is 12.4 Å². The first kappa shape index (κ1) is 26.6. The molecule has 35 heavy (non-hydrogen) atoms. The third-order valence-electron chi connectivity index (χ3n) is 6.49. The Bertz CT molecular complexity index is 1230. The average molecular weight is 502 g/mol. The van der Waals surface area contributed by atoms with Crippen molar-refractivity contribution in [2.45, 2.75) is 57.7 Å². The van der Waals surface area contributed by atoms with E-state index < -0.39 is 5.82 Å². The number of phenols is 1. The number of rotatable bonds is 4. The number of benzene rings is 1. The number of pyridine rings is 1. The summed E-state index contributed by atoms with van der Waals surface area (Å²) in [5.74, 6) is -0.195. The van der Waals surface area contributed by atoms with Crippen LogP contribution < -0.4 is 15.8 Å². The van der Waals surface area contributed by atoms with Gasteiger partial charge in [0.1, 0.15) is 11.6 Å². The van der Waals surface area contributed by atoms with Gasteiger partial charge in [-0.25, -0.2) is 4.39 Å². The molecule has 0 radical (unpaired) electrons. The molecular weight excluding hydrogens is 469 g/mol. The van der Waals surface area contributed by atoms with Gasteiger partial charge in [0, 0.05) is 43.5 Å². The summed E-state index contributed by atoms with van der Waals surface area (Å²) in [4.78, 5) is 14.0. The minimum Gasteiger partial charge on any atom is -0.507 e. The predicted octanol–water partition coefficient (Wildman–Crippen LogP) is 4.52. The molecule has 188 valence electrons. The molecule has 0 atom stereocenters. The van der Waals surface area contributed by atoms with Crippen molar-refractivity contribution in [3.63, 3.8) is 0 Å². The lowest BCUT2D eigenvalue weighted by atomic mass is 9.79. The molecule has 7 nitrogen and oxygen atoms in total. The zero-order valence-corrected chi connectivity index (χ0v) is 21.8. The van der Waals surface area contributed by atoms with Crippen molar-refractivity contribution in [2.24, 2.45) is 7.05 Å². The van der Waals surface area contributed by atoms with Crippen molar-refractivity contribution < 1.29 is 9.50 Å². The number of aromatic hydroxyl groups is 1. The maximum absolute atomic E-state index is 15.1. The summed E-state index contributed by atoms with van der Waals surface area (Å²) in [7, 11) is 3.64. The van der Waals surface area contributed by atoms with Crippen LogP contribution in [0.2, 0.25) is 0 Å². The molecule has 1 aliphatic heterocycles. The van der Waals surface area contributed by atoms with E-state index in [0.29, 0.717) is 16.9 Å². The molecule has 2 N–H and O–H groups in total. The second kappa shape index (κ2) is 9.59. The molecule has 0 bridgehead atoms. The summed E-state index contributed by atoms with van der Waals surface area (Å²) < 4.78 is 16.5. The number of nitrogens with zero attached hydrogens (tertiary/aromatic N) is 4. The maximum atomic E-state index is 15.1. The molecule has 2 aromatic heterocycles. The number of halogens is 2. The van der Waals surface area contributed by atoms with Crippen LogP contribution in [0.15, 0.2) is 47.4 Å². The van der Waals surface area contributed by atoms with E-state index in [-0.39, 0.29) is 52.1 Å². The van der Waals surface area contributed by atoms with Gasteiger partial charge in [0.25, 0.3) is 5.56 Å². The Kier molecular flexibility index (Phi) is 7.29. The third kappa shape index (κ3) is 5.65. The number of piperidine rings is 1. The fraction of sp³-hybridized carbons (Fsp3) is 0.423. The van der Waals surface area contributed by atoms with Crippen LogP contribution in [0.3, 0.4) is 0 Å². The Balaban J connectivity index is 0.00000342. The van der Waals surface area contributed by atoms with Crippen molar-refractivity contribution in [3.05, 3.63) is 58.8 Å². The highest BCUT2D eigenvalue weighted by atomic mass is 35.5. The van der Waals surface area contributed by atoms with Gasteiger partial charge in [0.2, 0.25) is 0 Å². The first-order valence-corrected chi connectivity index (χ1v) is 11.4. The fourth-order valence-corrected chi connectivity index (χ4v) is 5.12. The van der Waals surface area contributed by atoms with Gasteiger partial charge in [-0.05, 0) is 82.0 Å². The van der Waals surface area contributed by atoms with Gasteiger partial charge in [-0.1, -0.05) is 0 Å². The lowest BCUT2D eigenvalue weighted by Gasteiger charge is -2.49. The lowest BCUT2D eigenvalue weighted by molar-refractivity contribution is 0.160. The summed E-state index contributed by atoms with van der Waals surface area (Å²) in [6.07, 6.45) is 3.51. The summed E-state index contributed by atoms with van der Waals surface area (Å²) in [6.45, 7) is 8.80. The normalized spacial score (nSPS) is 17.0. The summed E-state index contributed by atoms with van der Waals surface area (Å²) >= 11 is 0. The van der Waals surface area contributed by atoms with Crippen molar-refractivity contribution in [1.29, 1.82) is 0 Å². The highest BCUT2D eigenvalue weighted by molar-refractivity contribution is 5.85. The van der Waals surface area contributed by atoms with Crippen LogP contribution in [0.25, 0.3) is 22.4 Å². The molecule has 9 heteroatoms. The Morgan fingerprint density at radius 3 is 2.26 bits per heavy atom. The first-order valence-electron chi connectivity index (χ1n) is 11.4. The second-order valence-corrected chi connectivity index (χ2v) is 10.6. The zero-order valence-electron chi connectivity index (χ0n) is 21.0. The highest BCUT2D eigenvalue weighted by Gasteiger charge is 2.39. The van der Waals surface area contributed by atoms with Gasteiger partial charge < -0.3 is 19.9 Å². The van der Waals surface area contributed by atoms with Crippen LogP contribution in [-0.4, -0.2) is 44.0 Å². The largest absolute Gasteiger partial charge is 0.507 e. The smallest absolute Gasteiger partial charge is 0.250 e. The molecule has 1 saturated heterocycles. The summed E-state index contributed by atoms with van der Waals surface area (Å²) in [5, 5.41) is 22.9. The highest BCUT2D eigenvalue weighted by Crippen LogP contribution is 2.36. The van der Waals surface area contributed by atoms with Crippen LogP contribution in [0.1, 0.15) is 40.5 Å². The first-order chi connectivity index (χ1) is 15.8. The maximum Gasteiger partial charge on any atom is 0.250 e. The van der Waals surface area contributed by atoms with E-state index in [4.69, 9.17) is 0 Å². The number of hydrogen-bond donors (Lipinski definition) is 2. The Labute approximate surface area is 211 Å². The molecule has 0 unspecified atom stereocenters. The molecular formula is C26H33ClFN5O2. The van der Waals surface area contributed by atoms with Crippen molar-refractivity contribution in [3.8, 4) is 28.1 Å². The minimum absolute atomic E-state index is 0. The fourth-order valence-electron chi connectivity index (χ4n) is 5.12. The van der Waals surface area contributed by atoms with Gasteiger partial charge in [-0.15, -0.1) is 22.6 Å². The number of aromatic nitrogens is 3. The Morgan fingerprint density at radius 1 is 1.06 bits per heavy atom. The summed E-state index contributed by atoms with van der Waals surface area (Å²) in [5.41, 5.74) is 0.942. The summed E-state index contributed by atoms with van der Waals surface area (Å²) in [6, 6.07) is 9.59. The van der Waals surface area contributed by atoms with Gasteiger partial charge in [0.05, 0.1) is 11.3 Å². The monoisotopic (exact) mass is 501 g/mol. The van der Waals surface area contributed by atoms with Gasteiger partial charge in [0.15, 0.2) is 5.82 Å². The molecule has 1 aliphatic rings. The van der Waals surface area contributed by atoms with E-state index in [1.807, 2.05) is 7.05 Å². The molecule has 0 saturated carbocycles. The SMILES string of the molecule is CN(c1ccc(-c2c(O)cc(-c3ccn(C)c(=O)c3)cc2F)nn1)C1CC(C)(C)NC(C)(C)C1.Cl. The standard InChI is InChI=1S/C26H32FN5O2.ClH/c1-25(2)14-18(15-26(3,4)30-25)32(6)22-8-7-20(28-29-22)24-19(27)11-17(12-21(24)33)16-9-10-31(5)23(34)13-16;/h7-13,18,30,33H,14-15H2,1-6H3;1H. The quantitative estimate of drug-likeness (QED) is 0.547. The number of aryl methyl sites for hydroxylation is 1. The van der Waals surface area contributed by atoms with Crippen LogP contribution in [-0.2, 0) is 7.05 Å². The molecule has 4 rings (SSSR count). The number of nitrogens with one attached hydrogen (secondary N) is 1. The number of phenolic OH excluding ortho intramolecular Hbond substituents is 1. The van der Waals surface area contributed by atoms with Gasteiger partial charge in [-0.3, -0.25) is 4.79 Å². The van der Waals surface area contributed by atoms with E-state index in [1.165, 1.54) is 22.8 Å². The predicted molar refractivity (Wildman–Crippen MR) is 140 cm³/mol. The van der Waals surface area contributed by atoms with Crippen LogP contribution in [0, 0.1) is 5.82 Å². The van der Waals surface area contributed by atoms with E-state index >= 15 is 4.39 Å². The topological polar surface area (TPSA) is 83.3 Å². The van der Waals surface area contributed by atoms with E-state index in [0.717, 1.165) is 12.8 Å². The van der Waals surface area contributed by atoms with Gasteiger partial charge >= 0.3 is 0 Å². The molecule has 1 fully saturated rings. The van der Waals surface area contributed by atoms with Gasteiger partial charge in [-0.2, -0.15) is 0 Å². The van der Waals surface area contributed by atoms with Crippen molar-refractivity contribution in [2.75, 3.05) is 11.9 Å². The molecule has 3 heterocycles.